The smallest absolute Gasteiger partial charge is 0.262 e. The van der Waals surface area contributed by atoms with Crippen LogP contribution >= 0.6 is 0 Å². The minimum atomic E-state index is -0.139. The van der Waals surface area contributed by atoms with Crippen LogP contribution in [0.3, 0.4) is 0 Å². The summed E-state index contributed by atoms with van der Waals surface area (Å²) in [6.45, 7) is 1.45. The van der Waals surface area contributed by atoms with Crippen LogP contribution in [0.5, 0.6) is 0 Å². The van der Waals surface area contributed by atoms with Crippen molar-refractivity contribution < 1.29 is 9.59 Å². The molecule has 30 heavy (non-hydrogen) atoms. The molecular formula is C24H28N4O2. The largest absolute Gasteiger partial charge is 0.383 e. The molecule has 2 amide bonds. The fourth-order valence-electron chi connectivity index (χ4n) is 5.53. The normalized spacial score (nSPS) is 23.1. The number of aromatic nitrogens is 1. The fraction of sp³-hybridized carbons (Fsp3) is 0.458. The number of hydrogen-bond acceptors (Lipinski definition) is 4. The molecule has 1 saturated carbocycles. The number of carbonyl (C=O) groups excluding carboxylic acids is 2. The predicted molar refractivity (Wildman–Crippen MR) is 116 cm³/mol. The van der Waals surface area contributed by atoms with E-state index >= 15 is 0 Å². The van der Waals surface area contributed by atoms with Gasteiger partial charge in [0.2, 0.25) is 0 Å². The summed E-state index contributed by atoms with van der Waals surface area (Å²) < 4.78 is 0. The van der Waals surface area contributed by atoms with Gasteiger partial charge in [0.25, 0.3) is 11.8 Å². The average molecular weight is 405 g/mol. The zero-order chi connectivity index (χ0) is 20.7. The molecular weight excluding hydrogens is 376 g/mol. The molecule has 2 aliphatic heterocycles. The number of likely N-dealkylation sites (tertiary alicyclic amines) is 1. The molecule has 156 valence electrons. The highest BCUT2D eigenvalue weighted by Gasteiger charge is 2.36. The highest BCUT2D eigenvalue weighted by molar-refractivity contribution is 6.10. The lowest BCUT2D eigenvalue weighted by molar-refractivity contribution is 0.0390. The van der Waals surface area contributed by atoms with Gasteiger partial charge in [-0.1, -0.05) is 12.8 Å². The summed E-state index contributed by atoms with van der Waals surface area (Å²) in [7, 11) is 0. The van der Waals surface area contributed by atoms with Gasteiger partial charge in [-0.2, -0.15) is 0 Å². The molecule has 6 heteroatoms. The molecule has 2 aromatic rings. The van der Waals surface area contributed by atoms with E-state index in [0.29, 0.717) is 24.1 Å². The van der Waals surface area contributed by atoms with Gasteiger partial charge >= 0.3 is 0 Å². The number of anilines is 2. The molecule has 1 aromatic heterocycles. The van der Waals surface area contributed by atoms with Crippen molar-refractivity contribution in [3.05, 3.63) is 53.2 Å². The Morgan fingerprint density at radius 1 is 1.00 bits per heavy atom. The van der Waals surface area contributed by atoms with E-state index in [9.17, 15) is 9.59 Å². The number of hydrogen-bond donors (Lipinski definition) is 1. The molecule has 1 unspecified atom stereocenters. The topological polar surface area (TPSA) is 79.5 Å². The van der Waals surface area contributed by atoms with E-state index < -0.39 is 0 Å². The molecule has 1 saturated heterocycles. The van der Waals surface area contributed by atoms with Crippen LogP contribution in [-0.4, -0.2) is 40.8 Å². The molecule has 0 spiro atoms. The van der Waals surface area contributed by atoms with E-state index in [0.717, 1.165) is 42.6 Å². The summed E-state index contributed by atoms with van der Waals surface area (Å²) in [6, 6.07) is 9.62. The lowest BCUT2D eigenvalue weighted by atomic mass is 9.78. The van der Waals surface area contributed by atoms with Crippen molar-refractivity contribution in [3.8, 4) is 0 Å². The van der Waals surface area contributed by atoms with Gasteiger partial charge < -0.3 is 15.5 Å². The zero-order valence-electron chi connectivity index (χ0n) is 17.2. The van der Waals surface area contributed by atoms with Gasteiger partial charge in [-0.05, 0) is 73.9 Å². The molecule has 0 bridgehead atoms. The van der Waals surface area contributed by atoms with Gasteiger partial charge in [0.05, 0.1) is 5.56 Å². The van der Waals surface area contributed by atoms with Gasteiger partial charge in [0.15, 0.2) is 0 Å². The molecule has 5 rings (SSSR count). The number of pyridine rings is 1. The second-order valence-electron chi connectivity index (χ2n) is 8.74. The molecule has 3 aliphatic rings. The number of benzene rings is 1. The van der Waals surface area contributed by atoms with Gasteiger partial charge in [-0.3, -0.25) is 9.59 Å². The summed E-state index contributed by atoms with van der Waals surface area (Å²) in [6.07, 6.45) is 9.61. The Morgan fingerprint density at radius 3 is 2.70 bits per heavy atom. The number of carbonyl (C=O) groups is 2. The van der Waals surface area contributed by atoms with Crippen molar-refractivity contribution in [3.63, 3.8) is 0 Å². The third kappa shape index (κ3) is 3.24. The average Bonchev–Trinajstić information content (AvgIpc) is 3.21. The minimum Gasteiger partial charge on any atom is -0.383 e. The Balaban J connectivity index is 1.38. The number of nitrogen functional groups attached to an aromatic ring is 1. The van der Waals surface area contributed by atoms with Crippen LogP contribution in [0.4, 0.5) is 11.5 Å². The van der Waals surface area contributed by atoms with Crippen LogP contribution in [0.1, 0.15) is 64.8 Å². The number of nitrogens with two attached hydrogens (primary N) is 1. The molecule has 1 aliphatic carbocycles. The first-order chi connectivity index (χ1) is 14.6. The maximum absolute atomic E-state index is 13.4. The third-order valence-electron chi connectivity index (χ3n) is 7.04. The first-order valence-electron chi connectivity index (χ1n) is 11.1. The minimum absolute atomic E-state index is 0.139. The van der Waals surface area contributed by atoms with Crippen LogP contribution < -0.4 is 10.6 Å². The summed E-state index contributed by atoms with van der Waals surface area (Å²) >= 11 is 0. The summed E-state index contributed by atoms with van der Waals surface area (Å²) in [4.78, 5) is 34.2. The third-order valence-corrected chi connectivity index (χ3v) is 7.04. The summed E-state index contributed by atoms with van der Waals surface area (Å²) in [5.74, 6) is 0.925. The molecule has 1 aromatic carbocycles. The molecule has 0 radical (unpaired) electrons. The van der Waals surface area contributed by atoms with E-state index in [-0.39, 0.29) is 17.6 Å². The number of fused-ring (bicyclic) bond motifs is 2. The summed E-state index contributed by atoms with van der Waals surface area (Å²) in [5, 5.41) is 0. The number of piperidine rings is 1. The monoisotopic (exact) mass is 404 g/mol. The zero-order valence-corrected chi connectivity index (χ0v) is 17.2. The van der Waals surface area contributed by atoms with Crippen molar-refractivity contribution in [2.75, 3.05) is 23.7 Å². The summed E-state index contributed by atoms with van der Waals surface area (Å²) in [5.41, 5.74) is 8.98. The van der Waals surface area contributed by atoms with Crippen LogP contribution in [0, 0.1) is 5.92 Å². The van der Waals surface area contributed by atoms with Crippen LogP contribution in [-0.2, 0) is 6.42 Å². The predicted octanol–water partition coefficient (Wildman–Crippen LogP) is 3.66. The van der Waals surface area contributed by atoms with Crippen LogP contribution in [0.2, 0.25) is 0 Å². The Labute approximate surface area is 177 Å². The molecule has 3 heterocycles. The number of rotatable bonds is 2. The highest BCUT2D eigenvalue weighted by atomic mass is 16.2. The molecule has 2 fully saturated rings. The second-order valence-corrected chi connectivity index (χ2v) is 8.74. The molecule has 2 N–H and O–H groups in total. The first kappa shape index (κ1) is 19.1. The quantitative estimate of drug-likeness (QED) is 0.828. The van der Waals surface area contributed by atoms with E-state index in [1.807, 2.05) is 18.2 Å². The van der Waals surface area contributed by atoms with Gasteiger partial charge in [-0.25, -0.2) is 4.98 Å². The van der Waals surface area contributed by atoms with Crippen molar-refractivity contribution in [1.82, 2.24) is 9.88 Å². The van der Waals surface area contributed by atoms with Crippen molar-refractivity contribution >= 4 is 23.3 Å². The Bertz CT molecular complexity index is 987. The lowest BCUT2D eigenvalue weighted by Gasteiger charge is -2.44. The van der Waals surface area contributed by atoms with E-state index in [4.69, 9.17) is 5.73 Å². The van der Waals surface area contributed by atoms with Crippen molar-refractivity contribution in [1.29, 1.82) is 0 Å². The van der Waals surface area contributed by atoms with Crippen LogP contribution in [0.25, 0.3) is 0 Å². The van der Waals surface area contributed by atoms with E-state index in [1.165, 1.54) is 25.7 Å². The first-order valence-corrected chi connectivity index (χ1v) is 11.1. The van der Waals surface area contributed by atoms with Gasteiger partial charge in [-0.15, -0.1) is 0 Å². The number of amides is 2. The maximum Gasteiger partial charge on any atom is 0.262 e. The molecule has 2 atom stereocenters. The van der Waals surface area contributed by atoms with Crippen LogP contribution in [0.15, 0.2) is 36.5 Å². The molecule has 6 nitrogen and oxygen atoms in total. The second kappa shape index (κ2) is 7.74. The van der Waals surface area contributed by atoms with Crippen molar-refractivity contribution in [2.45, 2.75) is 51.0 Å². The van der Waals surface area contributed by atoms with Gasteiger partial charge in [0.1, 0.15) is 5.82 Å². The highest BCUT2D eigenvalue weighted by Crippen LogP contribution is 2.37. The SMILES string of the molecule is Nc1ncccc1C(=O)N1CCc2cc(C(=O)N3CCCC4CCCC[C@H]43)ccc21. The Kier molecular flexibility index (Phi) is 4.93. The Hall–Kier alpha value is -2.89. The van der Waals surface area contributed by atoms with Crippen molar-refractivity contribution in [2.24, 2.45) is 5.92 Å². The fourth-order valence-corrected chi connectivity index (χ4v) is 5.53. The van der Waals surface area contributed by atoms with E-state index in [2.05, 4.69) is 9.88 Å². The number of nitrogens with zero attached hydrogens (tertiary/aromatic N) is 3. The lowest BCUT2D eigenvalue weighted by Crippen LogP contribution is -2.49. The standard InChI is InChI=1S/C24H28N4O2/c25-22-19(7-3-12-26-22)24(30)28-14-11-17-15-18(9-10-21(17)28)23(29)27-13-4-6-16-5-1-2-8-20(16)27/h3,7,9-10,12,15-16,20H,1-2,4-6,8,11,13-14H2,(H2,25,26)/t16?,20-/m1/s1. The Morgan fingerprint density at radius 2 is 1.83 bits per heavy atom. The van der Waals surface area contributed by atoms with Gasteiger partial charge in [0, 0.05) is 36.6 Å². The maximum atomic E-state index is 13.4. The van der Waals surface area contributed by atoms with E-state index in [1.54, 1.807) is 23.2 Å².